The van der Waals surface area contributed by atoms with Gasteiger partial charge in [0.05, 0.1) is 0 Å². The first-order valence-corrected chi connectivity index (χ1v) is 5.01. The van der Waals surface area contributed by atoms with E-state index in [2.05, 4.69) is 0 Å². The fourth-order valence-electron chi connectivity index (χ4n) is 2.12. The third-order valence-corrected chi connectivity index (χ3v) is 3.12. The van der Waals surface area contributed by atoms with Gasteiger partial charge in [0.25, 0.3) is 0 Å². The lowest BCUT2D eigenvalue weighted by atomic mass is 9.76. The number of rotatable bonds is 1. The predicted molar refractivity (Wildman–Crippen MR) is 53.1 cm³/mol. The quantitative estimate of drug-likeness (QED) is 0.696. The van der Waals surface area contributed by atoms with Gasteiger partial charge in [-0.1, -0.05) is 31.2 Å². The van der Waals surface area contributed by atoms with E-state index in [9.17, 15) is 13.6 Å². The van der Waals surface area contributed by atoms with E-state index in [1.165, 1.54) is 0 Å². The summed E-state index contributed by atoms with van der Waals surface area (Å²) < 4.78 is 25.4. The van der Waals surface area contributed by atoms with E-state index in [-0.39, 0.29) is 5.78 Å². The molecule has 1 nitrogen and oxygen atoms in total. The molecule has 0 spiro atoms. The van der Waals surface area contributed by atoms with Crippen LogP contribution in [0.1, 0.15) is 22.8 Å². The van der Waals surface area contributed by atoms with Gasteiger partial charge in [-0.3, -0.25) is 4.79 Å². The minimum absolute atomic E-state index is 0.151. The molecule has 0 aromatic heterocycles. The van der Waals surface area contributed by atoms with Crippen LogP contribution < -0.4 is 0 Å². The summed E-state index contributed by atoms with van der Waals surface area (Å²) in [6, 6.07) is 7.03. The van der Waals surface area contributed by atoms with Crippen LogP contribution in [0.2, 0.25) is 0 Å². The number of benzene rings is 1. The van der Waals surface area contributed by atoms with Gasteiger partial charge >= 0.3 is 0 Å². The molecule has 0 amide bonds. The van der Waals surface area contributed by atoms with Gasteiger partial charge < -0.3 is 0 Å². The standard InChI is InChI=1S/C12H12F2O/c1-7-10(12(13)14)6-8-4-2-3-5-9(8)11(7)15/h2-5,7,10,12H,6H2,1H3. The van der Waals surface area contributed by atoms with E-state index in [4.69, 9.17) is 0 Å². The number of hydrogen-bond donors (Lipinski definition) is 0. The molecule has 1 aliphatic rings. The summed E-state index contributed by atoms with van der Waals surface area (Å²) in [5.41, 5.74) is 1.37. The summed E-state index contributed by atoms with van der Waals surface area (Å²) in [7, 11) is 0. The number of alkyl halides is 2. The summed E-state index contributed by atoms with van der Waals surface area (Å²) in [5, 5.41) is 0. The van der Waals surface area contributed by atoms with E-state index in [0.717, 1.165) is 5.56 Å². The van der Waals surface area contributed by atoms with Crippen LogP contribution in [-0.4, -0.2) is 12.2 Å². The van der Waals surface area contributed by atoms with Crippen LogP contribution in [0.5, 0.6) is 0 Å². The van der Waals surface area contributed by atoms with Gasteiger partial charge in [-0.15, -0.1) is 0 Å². The van der Waals surface area contributed by atoms with Gasteiger partial charge in [0.1, 0.15) is 0 Å². The van der Waals surface area contributed by atoms with Gasteiger partial charge in [-0.05, 0) is 12.0 Å². The zero-order chi connectivity index (χ0) is 11.0. The lowest BCUT2D eigenvalue weighted by molar-refractivity contribution is 0.0385. The van der Waals surface area contributed by atoms with E-state index >= 15 is 0 Å². The van der Waals surface area contributed by atoms with Crippen LogP contribution in [0, 0.1) is 11.8 Å². The van der Waals surface area contributed by atoms with Crippen LogP contribution in [0.3, 0.4) is 0 Å². The molecule has 80 valence electrons. The molecule has 2 atom stereocenters. The smallest absolute Gasteiger partial charge is 0.242 e. The van der Waals surface area contributed by atoms with E-state index in [1.54, 1.807) is 31.2 Å². The average Bonchev–Trinajstić information content (AvgIpc) is 2.23. The lowest BCUT2D eigenvalue weighted by Crippen LogP contribution is -2.33. The minimum Gasteiger partial charge on any atom is -0.294 e. The Kier molecular flexibility index (Phi) is 2.55. The highest BCUT2D eigenvalue weighted by atomic mass is 19.3. The third-order valence-electron chi connectivity index (χ3n) is 3.12. The van der Waals surface area contributed by atoms with Crippen molar-refractivity contribution in [1.82, 2.24) is 0 Å². The molecular formula is C12H12F2O. The highest BCUT2D eigenvalue weighted by Crippen LogP contribution is 2.33. The maximum absolute atomic E-state index is 12.7. The molecule has 0 aliphatic heterocycles. The molecule has 0 saturated carbocycles. The predicted octanol–water partition coefficient (Wildman–Crippen LogP) is 2.94. The number of ketones is 1. The SMILES string of the molecule is CC1C(=O)c2ccccc2CC1C(F)F. The molecule has 0 N–H and O–H groups in total. The Hall–Kier alpha value is -1.25. The maximum Gasteiger partial charge on any atom is 0.242 e. The van der Waals surface area contributed by atoms with Crippen LogP contribution in [0.25, 0.3) is 0 Å². The molecule has 3 heteroatoms. The van der Waals surface area contributed by atoms with E-state index in [0.29, 0.717) is 12.0 Å². The summed E-state index contributed by atoms with van der Waals surface area (Å²) in [5.74, 6) is -1.55. The molecule has 0 bridgehead atoms. The van der Waals surface area contributed by atoms with Crippen molar-refractivity contribution in [3.05, 3.63) is 35.4 Å². The number of hydrogen-bond acceptors (Lipinski definition) is 1. The number of fused-ring (bicyclic) bond motifs is 1. The third kappa shape index (κ3) is 1.66. The molecular weight excluding hydrogens is 198 g/mol. The van der Waals surface area contributed by atoms with E-state index in [1.807, 2.05) is 0 Å². The molecule has 1 aromatic carbocycles. The fourth-order valence-corrected chi connectivity index (χ4v) is 2.12. The highest BCUT2D eigenvalue weighted by molar-refractivity contribution is 6.00. The van der Waals surface area contributed by atoms with Gasteiger partial charge in [0, 0.05) is 17.4 Å². The molecule has 0 fully saturated rings. The molecule has 0 radical (unpaired) electrons. The molecule has 0 saturated heterocycles. The molecule has 1 aliphatic carbocycles. The van der Waals surface area contributed by atoms with Crippen LogP contribution in [0.15, 0.2) is 24.3 Å². The van der Waals surface area contributed by atoms with Crippen LogP contribution in [-0.2, 0) is 6.42 Å². The Morgan fingerprint density at radius 3 is 2.67 bits per heavy atom. The van der Waals surface area contributed by atoms with Crippen molar-refractivity contribution in [3.63, 3.8) is 0 Å². The van der Waals surface area contributed by atoms with Gasteiger partial charge in [0.15, 0.2) is 5.78 Å². The topological polar surface area (TPSA) is 17.1 Å². The Labute approximate surface area is 87.1 Å². The molecule has 1 aromatic rings. The molecule has 15 heavy (non-hydrogen) atoms. The van der Waals surface area contributed by atoms with Crippen molar-refractivity contribution in [1.29, 1.82) is 0 Å². The molecule has 2 unspecified atom stereocenters. The number of Topliss-reactive ketones (excluding diaryl/α,β-unsaturated/α-hetero) is 1. The van der Waals surface area contributed by atoms with Crippen molar-refractivity contribution >= 4 is 5.78 Å². The summed E-state index contributed by atoms with van der Waals surface area (Å²) in [6.07, 6.45) is -2.11. The van der Waals surface area contributed by atoms with Crippen molar-refractivity contribution < 1.29 is 13.6 Å². The Balaban J connectivity index is 2.41. The summed E-state index contributed by atoms with van der Waals surface area (Å²) >= 11 is 0. The Morgan fingerprint density at radius 2 is 2.00 bits per heavy atom. The van der Waals surface area contributed by atoms with Crippen molar-refractivity contribution in [2.75, 3.05) is 0 Å². The van der Waals surface area contributed by atoms with Crippen LogP contribution >= 0.6 is 0 Å². The van der Waals surface area contributed by atoms with Gasteiger partial charge in [-0.2, -0.15) is 0 Å². The second-order valence-corrected chi connectivity index (χ2v) is 4.01. The fraction of sp³-hybridized carbons (Fsp3) is 0.417. The minimum atomic E-state index is -2.42. The second kappa shape index (κ2) is 3.72. The number of halogens is 2. The highest BCUT2D eigenvalue weighted by Gasteiger charge is 2.37. The van der Waals surface area contributed by atoms with Crippen molar-refractivity contribution in [3.8, 4) is 0 Å². The van der Waals surface area contributed by atoms with E-state index < -0.39 is 18.3 Å². The summed E-state index contributed by atoms with van der Waals surface area (Å²) in [4.78, 5) is 11.8. The monoisotopic (exact) mass is 210 g/mol. The Bertz CT molecular complexity index is 387. The summed E-state index contributed by atoms with van der Waals surface area (Å²) in [6.45, 7) is 1.59. The molecule has 0 heterocycles. The van der Waals surface area contributed by atoms with Gasteiger partial charge in [0.2, 0.25) is 6.43 Å². The molecule has 2 rings (SSSR count). The normalized spacial score (nSPS) is 25.5. The van der Waals surface area contributed by atoms with Gasteiger partial charge in [-0.25, -0.2) is 8.78 Å². The zero-order valence-electron chi connectivity index (χ0n) is 8.41. The second-order valence-electron chi connectivity index (χ2n) is 4.01. The first-order chi connectivity index (χ1) is 7.11. The van der Waals surface area contributed by atoms with Crippen LogP contribution in [0.4, 0.5) is 8.78 Å². The lowest BCUT2D eigenvalue weighted by Gasteiger charge is -2.28. The largest absolute Gasteiger partial charge is 0.294 e. The first kappa shape index (κ1) is 10.3. The number of carbonyl (C=O) groups excluding carboxylic acids is 1. The van der Waals surface area contributed by atoms with Crippen molar-refractivity contribution in [2.45, 2.75) is 19.8 Å². The Morgan fingerprint density at radius 1 is 1.33 bits per heavy atom. The average molecular weight is 210 g/mol. The maximum atomic E-state index is 12.7. The van der Waals surface area contributed by atoms with Crippen molar-refractivity contribution in [2.24, 2.45) is 11.8 Å². The zero-order valence-corrected chi connectivity index (χ0v) is 8.41. The number of carbonyl (C=O) groups is 1. The first-order valence-electron chi connectivity index (χ1n) is 5.01.